The number of fused-ring (bicyclic) bond motifs is 2. The molecule has 194 valence electrons. The summed E-state index contributed by atoms with van der Waals surface area (Å²) in [7, 11) is 8.13. The molecule has 0 fully saturated rings. The highest BCUT2D eigenvalue weighted by molar-refractivity contribution is 9.10. The average Bonchev–Trinajstić information content (AvgIpc) is 2.91. The van der Waals surface area contributed by atoms with Crippen LogP contribution >= 0.6 is 15.9 Å². The topological polar surface area (TPSA) is 42.4 Å². The fraction of sp³-hybridized carbons (Fsp3) is 0.242. The molecule has 0 saturated heterocycles. The van der Waals surface area contributed by atoms with Gasteiger partial charge in [-0.05, 0) is 52.2 Å². The van der Waals surface area contributed by atoms with Crippen LogP contribution in [0.5, 0.6) is 5.88 Å². The van der Waals surface area contributed by atoms with Crippen LogP contribution in [0, 0.1) is 0 Å². The number of quaternary nitrogens is 1. The Balaban J connectivity index is 1.80. The summed E-state index contributed by atoms with van der Waals surface area (Å²) in [5.41, 5.74) is 2.38. The Morgan fingerprint density at radius 2 is 1.55 bits per heavy atom. The maximum absolute atomic E-state index is 13.0. The van der Waals surface area contributed by atoms with E-state index < -0.39 is 11.5 Å². The highest BCUT2D eigenvalue weighted by Gasteiger charge is 2.43. The van der Waals surface area contributed by atoms with E-state index >= 15 is 0 Å². The molecule has 38 heavy (non-hydrogen) atoms. The Bertz CT molecular complexity index is 1580. The van der Waals surface area contributed by atoms with E-state index in [0.717, 1.165) is 53.9 Å². The van der Waals surface area contributed by atoms with E-state index in [9.17, 15) is 5.11 Å². The number of hydrogen-bond donors (Lipinski definition) is 1. The fourth-order valence-corrected chi connectivity index (χ4v) is 5.67. The number of aromatic nitrogens is 1. The van der Waals surface area contributed by atoms with Crippen LogP contribution in [0.25, 0.3) is 21.7 Å². The summed E-state index contributed by atoms with van der Waals surface area (Å²) in [6.45, 7) is 0.779. The molecule has 0 radical (unpaired) electrons. The lowest BCUT2D eigenvalue weighted by molar-refractivity contribution is -0.871. The van der Waals surface area contributed by atoms with Crippen molar-refractivity contribution in [3.8, 4) is 5.88 Å². The minimum Gasteiger partial charge on any atom is -0.481 e. The molecule has 0 aliphatic heterocycles. The predicted octanol–water partition coefficient (Wildman–Crippen LogP) is 7.28. The van der Waals surface area contributed by atoms with Gasteiger partial charge in [-0.1, -0.05) is 82.7 Å². The van der Waals surface area contributed by atoms with Crippen LogP contribution in [0.15, 0.2) is 102 Å². The van der Waals surface area contributed by atoms with Crippen LogP contribution in [0.1, 0.15) is 29.0 Å². The smallest absolute Gasteiger partial charge is 0.217 e. The number of nitrogens with zero attached hydrogens (tertiary/aromatic N) is 2. The van der Waals surface area contributed by atoms with Crippen molar-refractivity contribution in [1.82, 2.24) is 4.98 Å². The summed E-state index contributed by atoms with van der Waals surface area (Å²) in [5, 5.41) is 16.3. The monoisotopic (exact) mass is 569 g/mol. The minimum atomic E-state index is -1.23. The van der Waals surface area contributed by atoms with Crippen molar-refractivity contribution in [3.05, 3.63) is 118 Å². The lowest BCUT2D eigenvalue weighted by Crippen LogP contribution is -2.43. The molecule has 1 aromatic heterocycles. The van der Waals surface area contributed by atoms with Gasteiger partial charge in [-0.15, -0.1) is 0 Å². The third kappa shape index (κ3) is 5.32. The number of halogens is 1. The zero-order valence-electron chi connectivity index (χ0n) is 22.4. The van der Waals surface area contributed by atoms with Gasteiger partial charge < -0.3 is 14.3 Å². The van der Waals surface area contributed by atoms with Gasteiger partial charge in [-0.2, -0.15) is 0 Å². The van der Waals surface area contributed by atoms with Gasteiger partial charge in [0.15, 0.2) is 0 Å². The Morgan fingerprint density at radius 3 is 2.26 bits per heavy atom. The Labute approximate surface area is 233 Å². The van der Waals surface area contributed by atoms with Gasteiger partial charge in [0.05, 0.1) is 40.3 Å². The largest absolute Gasteiger partial charge is 0.481 e. The lowest BCUT2D eigenvalue weighted by atomic mass is 9.71. The number of hydrogen-bond acceptors (Lipinski definition) is 3. The van der Waals surface area contributed by atoms with Crippen LogP contribution < -0.4 is 4.74 Å². The quantitative estimate of drug-likeness (QED) is 0.200. The first kappa shape index (κ1) is 26.4. The van der Waals surface area contributed by atoms with E-state index in [1.165, 1.54) is 0 Å². The second-order valence-electron chi connectivity index (χ2n) is 11.0. The molecule has 5 heteroatoms. The van der Waals surface area contributed by atoms with Gasteiger partial charge >= 0.3 is 0 Å². The highest BCUT2D eigenvalue weighted by Crippen LogP contribution is 2.48. The van der Waals surface area contributed by atoms with Gasteiger partial charge in [0.1, 0.15) is 5.60 Å². The van der Waals surface area contributed by atoms with Gasteiger partial charge in [-0.3, -0.25) is 0 Å². The molecule has 5 aromatic rings. The predicted molar refractivity (Wildman–Crippen MR) is 160 cm³/mol. The van der Waals surface area contributed by atoms with E-state index in [-0.39, 0.29) is 0 Å². The average molecular weight is 571 g/mol. The number of rotatable bonds is 8. The molecule has 0 aliphatic rings. The molecule has 0 amide bonds. The molecule has 2 atom stereocenters. The highest BCUT2D eigenvalue weighted by atomic mass is 79.9. The summed E-state index contributed by atoms with van der Waals surface area (Å²) >= 11 is 3.61. The minimum absolute atomic E-state index is 0.415. The molecular weight excluding hydrogens is 536 g/mol. The van der Waals surface area contributed by atoms with Crippen LogP contribution in [-0.2, 0) is 5.60 Å². The van der Waals surface area contributed by atoms with Crippen molar-refractivity contribution in [2.24, 2.45) is 0 Å². The second kappa shape index (κ2) is 10.5. The number of pyridine rings is 1. The van der Waals surface area contributed by atoms with Gasteiger partial charge in [0, 0.05) is 27.8 Å². The van der Waals surface area contributed by atoms with Gasteiger partial charge in [0.2, 0.25) is 5.88 Å². The molecule has 5 rings (SSSR count). The van der Waals surface area contributed by atoms with E-state index in [1.807, 2.05) is 42.5 Å². The van der Waals surface area contributed by atoms with Crippen LogP contribution in [0.3, 0.4) is 0 Å². The zero-order chi connectivity index (χ0) is 26.9. The second-order valence-corrected chi connectivity index (χ2v) is 11.9. The molecule has 1 N–H and O–H groups in total. The van der Waals surface area contributed by atoms with Crippen molar-refractivity contribution in [1.29, 1.82) is 0 Å². The number of aliphatic hydroxyl groups is 1. The molecule has 4 aromatic carbocycles. The number of ether oxygens (including phenoxy) is 1. The molecule has 1 heterocycles. The Hall–Kier alpha value is -3.25. The van der Waals surface area contributed by atoms with Crippen molar-refractivity contribution >= 4 is 37.6 Å². The first-order valence-corrected chi connectivity index (χ1v) is 13.7. The third-order valence-electron chi connectivity index (χ3n) is 7.30. The van der Waals surface area contributed by atoms with Crippen molar-refractivity contribution in [2.45, 2.75) is 17.9 Å². The lowest BCUT2D eigenvalue weighted by Gasteiger charge is -2.40. The molecule has 4 nitrogen and oxygen atoms in total. The number of methoxy groups -OCH3 is 1. The first-order valence-electron chi connectivity index (χ1n) is 12.9. The molecule has 0 bridgehead atoms. The van der Waals surface area contributed by atoms with Crippen molar-refractivity contribution in [3.63, 3.8) is 0 Å². The summed E-state index contributed by atoms with van der Waals surface area (Å²) in [5.74, 6) is 0.111. The summed E-state index contributed by atoms with van der Waals surface area (Å²) in [4.78, 5) is 4.89. The number of benzene rings is 4. The molecule has 0 spiro atoms. The van der Waals surface area contributed by atoms with E-state index in [1.54, 1.807) is 7.11 Å². The molecule has 2 unspecified atom stereocenters. The third-order valence-corrected chi connectivity index (χ3v) is 7.79. The van der Waals surface area contributed by atoms with E-state index in [0.29, 0.717) is 12.3 Å². The Morgan fingerprint density at radius 1 is 0.842 bits per heavy atom. The van der Waals surface area contributed by atoms with E-state index in [4.69, 9.17) is 9.72 Å². The van der Waals surface area contributed by atoms with Gasteiger partial charge in [0.25, 0.3) is 0 Å². The SMILES string of the molecule is COc1nc2ccc(Br)cc2cc1C(c1ccccc1)C(O)(CC[N+](C)(C)C)c1ccc2ccccc2c1. The summed E-state index contributed by atoms with van der Waals surface area (Å²) < 4.78 is 7.61. The standard InChI is InChI=1S/C33H34BrN2O2/c1-36(2,3)19-18-33(37,27-15-14-23-10-8-9-13-25(23)20-27)31(24-11-6-5-7-12-24)29-22-26-21-28(34)16-17-30(26)35-32(29)38-4/h5-17,20-22,31,37H,18-19H2,1-4H3/q+1. The Kier molecular flexibility index (Phi) is 7.28. The molecule has 0 aliphatic carbocycles. The molecular formula is C33H34BrN2O2+. The first-order chi connectivity index (χ1) is 18.2. The summed E-state index contributed by atoms with van der Waals surface area (Å²) in [6, 6.07) is 33.0. The fourth-order valence-electron chi connectivity index (χ4n) is 5.29. The normalized spacial score (nSPS) is 14.4. The van der Waals surface area contributed by atoms with Crippen LogP contribution in [-0.4, -0.2) is 49.4 Å². The van der Waals surface area contributed by atoms with Crippen LogP contribution in [0.4, 0.5) is 0 Å². The van der Waals surface area contributed by atoms with Crippen molar-refractivity contribution < 1.29 is 14.3 Å². The maximum atomic E-state index is 13.0. The van der Waals surface area contributed by atoms with Gasteiger partial charge in [-0.25, -0.2) is 4.98 Å². The van der Waals surface area contributed by atoms with Crippen LogP contribution in [0.2, 0.25) is 0 Å². The maximum Gasteiger partial charge on any atom is 0.217 e. The zero-order valence-corrected chi connectivity index (χ0v) is 23.9. The molecule has 0 saturated carbocycles. The summed E-state index contributed by atoms with van der Waals surface area (Å²) in [6.07, 6.45) is 0.550. The van der Waals surface area contributed by atoms with E-state index in [2.05, 4.69) is 91.7 Å². The van der Waals surface area contributed by atoms with Crippen molar-refractivity contribution in [2.75, 3.05) is 34.8 Å².